The number of aliphatic carboxylic acids is 1. The van der Waals surface area contributed by atoms with Crippen LogP contribution >= 0.6 is 15.9 Å². The first-order valence-corrected chi connectivity index (χ1v) is 7.92. The molecule has 6 heteroatoms. The highest BCUT2D eigenvalue weighted by Crippen LogP contribution is 2.35. The summed E-state index contributed by atoms with van der Waals surface area (Å²) in [6.07, 6.45) is 4.34. The van der Waals surface area contributed by atoms with E-state index in [1.54, 1.807) is 23.2 Å². The summed E-state index contributed by atoms with van der Waals surface area (Å²) in [5, 5.41) is 9.58. The fraction of sp³-hybridized carbons (Fsp3) is 0.533. The zero-order chi connectivity index (χ0) is 15.5. The van der Waals surface area contributed by atoms with Crippen LogP contribution in [0.1, 0.15) is 43.0 Å². The lowest BCUT2D eigenvalue weighted by Gasteiger charge is -2.40. The predicted molar refractivity (Wildman–Crippen MR) is 82.1 cm³/mol. The van der Waals surface area contributed by atoms with E-state index in [0.717, 1.165) is 12.8 Å². The number of pyridine rings is 1. The van der Waals surface area contributed by atoms with Crippen molar-refractivity contribution in [3.05, 3.63) is 28.5 Å². The van der Waals surface area contributed by atoms with Gasteiger partial charge in [0.15, 0.2) is 0 Å². The van der Waals surface area contributed by atoms with E-state index in [1.807, 2.05) is 6.92 Å². The molecule has 1 amide bonds. The third-order valence-electron chi connectivity index (χ3n) is 4.02. The molecule has 0 aromatic carbocycles. The molecule has 1 aromatic rings. The Bertz CT molecular complexity index is 545. The molecular weight excluding hydrogens is 336 g/mol. The number of amides is 1. The standard InChI is InChI=1S/C15H19BrN2O3/c1-2-5-15(14(20)21)6-3-8-18(10-15)13(19)11-4-7-17-12(16)9-11/h4,7,9H,2-3,5-6,8,10H2,1H3,(H,20,21). The fourth-order valence-electron chi connectivity index (χ4n) is 2.99. The predicted octanol–water partition coefficient (Wildman–Crippen LogP) is 2.95. The van der Waals surface area contributed by atoms with Crippen molar-refractivity contribution in [2.75, 3.05) is 13.1 Å². The summed E-state index contributed by atoms with van der Waals surface area (Å²) in [5.41, 5.74) is -0.262. The Morgan fingerprint density at radius 3 is 2.90 bits per heavy atom. The molecular formula is C15H19BrN2O3. The van der Waals surface area contributed by atoms with E-state index < -0.39 is 11.4 Å². The zero-order valence-corrected chi connectivity index (χ0v) is 13.6. The van der Waals surface area contributed by atoms with Crippen LogP contribution in [0.3, 0.4) is 0 Å². The van der Waals surface area contributed by atoms with Gasteiger partial charge in [0.2, 0.25) is 0 Å². The molecule has 21 heavy (non-hydrogen) atoms. The van der Waals surface area contributed by atoms with Crippen molar-refractivity contribution < 1.29 is 14.7 Å². The molecule has 0 radical (unpaired) electrons. The van der Waals surface area contributed by atoms with Crippen molar-refractivity contribution in [3.63, 3.8) is 0 Å². The van der Waals surface area contributed by atoms with Crippen molar-refractivity contribution in [1.82, 2.24) is 9.88 Å². The maximum absolute atomic E-state index is 12.6. The van der Waals surface area contributed by atoms with Gasteiger partial charge in [-0.3, -0.25) is 9.59 Å². The molecule has 1 aliphatic heterocycles. The van der Waals surface area contributed by atoms with Gasteiger partial charge < -0.3 is 10.0 Å². The first kappa shape index (κ1) is 15.9. The molecule has 1 aromatic heterocycles. The maximum Gasteiger partial charge on any atom is 0.311 e. The lowest BCUT2D eigenvalue weighted by Crippen LogP contribution is -2.49. The van der Waals surface area contributed by atoms with Crippen LogP contribution in [0.5, 0.6) is 0 Å². The lowest BCUT2D eigenvalue weighted by atomic mass is 9.76. The van der Waals surface area contributed by atoms with Crippen LogP contribution in [0.2, 0.25) is 0 Å². The number of hydrogen-bond donors (Lipinski definition) is 1. The van der Waals surface area contributed by atoms with Gasteiger partial charge in [0.05, 0.1) is 5.41 Å². The van der Waals surface area contributed by atoms with Gasteiger partial charge >= 0.3 is 5.97 Å². The zero-order valence-electron chi connectivity index (χ0n) is 12.0. The van der Waals surface area contributed by atoms with E-state index in [-0.39, 0.29) is 12.5 Å². The number of likely N-dealkylation sites (tertiary alicyclic amines) is 1. The second kappa shape index (κ2) is 6.56. The number of rotatable bonds is 4. The van der Waals surface area contributed by atoms with E-state index in [1.165, 1.54) is 0 Å². The molecule has 1 fully saturated rings. The molecule has 0 saturated carbocycles. The summed E-state index contributed by atoms with van der Waals surface area (Å²) in [6.45, 7) is 2.87. The molecule has 1 unspecified atom stereocenters. The first-order valence-electron chi connectivity index (χ1n) is 7.13. The number of hydrogen-bond acceptors (Lipinski definition) is 3. The van der Waals surface area contributed by atoms with Crippen molar-refractivity contribution in [2.45, 2.75) is 32.6 Å². The maximum atomic E-state index is 12.6. The summed E-state index contributed by atoms with van der Waals surface area (Å²) in [7, 11) is 0. The fourth-order valence-corrected chi connectivity index (χ4v) is 3.35. The highest BCUT2D eigenvalue weighted by Gasteiger charge is 2.42. The second-order valence-electron chi connectivity index (χ2n) is 5.53. The van der Waals surface area contributed by atoms with Gasteiger partial charge in [0.25, 0.3) is 5.91 Å². The molecule has 0 spiro atoms. The summed E-state index contributed by atoms with van der Waals surface area (Å²) >= 11 is 3.25. The van der Waals surface area contributed by atoms with Gasteiger partial charge in [-0.25, -0.2) is 4.98 Å². The molecule has 2 heterocycles. The minimum atomic E-state index is -0.799. The van der Waals surface area contributed by atoms with Gasteiger partial charge in [-0.2, -0.15) is 0 Å². The lowest BCUT2D eigenvalue weighted by molar-refractivity contribution is -0.152. The smallest absolute Gasteiger partial charge is 0.311 e. The number of carboxylic acids is 1. The number of halogens is 1. The largest absolute Gasteiger partial charge is 0.481 e. The van der Waals surface area contributed by atoms with Crippen LogP contribution in [0.4, 0.5) is 0 Å². The Morgan fingerprint density at radius 2 is 2.29 bits per heavy atom. The molecule has 1 saturated heterocycles. The molecule has 0 bridgehead atoms. The number of aromatic nitrogens is 1. The Labute approximate surface area is 132 Å². The van der Waals surface area contributed by atoms with E-state index >= 15 is 0 Å². The van der Waals surface area contributed by atoms with Crippen molar-refractivity contribution in [1.29, 1.82) is 0 Å². The Kier molecular flexibility index (Phi) is 4.98. The van der Waals surface area contributed by atoms with Crippen LogP contribution in [0.25, 0.3) is 0 Å². The number of nitrogens with zero attached hydrogens (tertiary/aromatic N) is 2. The van der Waals surface area contributed by atoms with Gasteiger partial charge in [-0.1, -0.05) is 13.3 Å². The third kappa shape index (κ3) is 3.43. The molecule has 1 atom stereocenters. The summed E-state index contributed by atoms with van der Waals surface area (Å²) in [5.74, 6) is -0.919. The van der Waals surface area contributed by atoms with Crippen molar-refractivity contribution in [2.24, 2.45) is 5.41 Å². The van der Waals surface area contributed by atoms with Gasteiger partial charge in [-0.05, 0) is 47.3 Å². The normalized spacial score (nSPS) is 22.1. The van der Waals surface area contributed by atoms with Gasteiger partial charge in [0.1, 0.15) is 4.60 Å². The average molecular weight is 355 g/mol. The Balaban J connectivity index is 2.20. The van der Waals surface area contributed by atoms with Crippen LogP contribution in [-0.4, -0.2) is 40.0 Å². The molecule has 114 valence electrons. The van der Waals surface area contributed by atoms with E-state index in [2.05, 4.69) is 20.9 Å². The van der Waals surface area contributed by atoms with Crippen LogP contribution in [0.15, 0.2) is 22.9 Å². The van der Waals surface area contributed by atoms with Crippen LogP contribution < -0.4 is 0 Å². The number of piperidine rings is 1. The van der Waals surface area contributed by atoms with Crippen molar-refractivity contribution >= 4 is 27.8 Å². The topological polar surface area (TPSA) is 70.5 Å². The van der Waals surface area contributed by atoms with Crippen molar-refractivity contribution in [3.8, 4) is 0 Å². The molecule has 0 aliphatic carbocycles. The molecule has 1 aliphatic rings. The third-order valence-corrected chi connectivity index (χ3v) is 4.45. The Hall–Kier alpha value is -1.43. The minimum absolute atomic E-state index is 0.125. The number of carbonyl (C=O) groups is 2. The van der Waals surface area contributed by atoms with Crippen LogP contribution in [0, 0.1) is 5.41 Å². The van der Waals surface area contributed by atoms with Gasteiger partial charge in [-0.15, -0.1) is 0 Å². The number of carboxylic acid groups (broad SMARTS) is 1. The monoisotopic (exact) mass is 354 g/mol. The van der Waals surface area contributed by atoms with E-state index in [4.69, 9.17) is 0 Å². The summed E-state index contributed by atoms with van der Waals surface area (Å²) in [4.78, 5) is 29.9. The Morgan fingerprint density at radius 1 is 1.52 bits per heavy atom. The molecule has 2 rings (SSSR count). The minimum Gasteiger partial charge on any atom is -0.481 e. The summed E-state index contributed by atoms with van der Waals surface area (Å²) < 4.78 is 0.600. The highest BCUT2D eigenvalue weighted by molar-refractivity contribution is 9.10. The molecule has 5 nitrogen and oxygen atoms in total. The van der Waals surface area contributed by atoms with E-state index in [0.29, 0.717) is 29.6 Å². The quantitative estimate of drug-likeness (QED) is 0.843. The number of carbonyl (C=O) groups excluding carboxylic acids is 1. The van der Waals surface area contributed by atoms with Crippen LogP contribution in [-0.2, 0) is 4.79 Å². The second-order valence-corrected chi connectivity index (χ2v) is 6.35. The summed E-state index contributed by atoms with van der Waals surface area (Å²) in [6, 6.07) is 3.32. The van der Waals surface area contributed by atoms with E-state index in [9.17, 15) is 14.7 Å². The SMILES string of the molecule is CCCC1(C(=O)O)CCCN(C(=O)c2ccnc(Br)c2)C1. The van der Waals surface area contributed by atoms with Gasteiger partial charge in [0, 0.05) is 24.8 Å². The first-order chi connectivity index (χ1) is 9.98. The molecule has 1 N–H and O–H groups in total. The average Bonchev–Trinajstić information content (AvgIpc) is 2.47. The highest BCUT2D eigenvalue weighted by atomic mass is 79.9.